The second-order valence-corrected chi connectivity index (χ2v) is 4.54. The van der Waals surface area contributed by atoms with Crippen molar-refractivity contribution in [3.63, 3.8) is 0 Å². The highest BCUT2D eigenvalue weighted by atomic mass is 16.2. The Kier molecular flexibility index (Phi) is 4.96. The summed E-state index contributed by atoms with van der Waals surface area (Å²) in [5, 5.41) is 0. The minimum absolute atomic E-state index is 0.213. The van der Waals surface area contributed by atoms with Gasteiger partial charge >= 0.3 is 0 Å². The Bertz CT molecular complexity index is 322. The molecule has 1 amide bonds. The predicted molar refractivity (Wildman–Crippen MR) is 64.8 cm³/mol. The second kappa shape index (κ2) is 6.26. The SMILES string of the molecule is CC(C)CCC(=O)N(C)Cc1ccncc1. The van der Waals surface area contributed by atoms with Gasteiger partial charge in [0.25, 0.3) is 0 Å². The number of hydrogen-bond donors (Lipinski definition) is 0. The topological polar surface area (TPSA) is 33.2 Å². The lowest BCUT2D eigenvalue weighted by Crippen LogP contribution is -2.26. The molecule has 0 aromatic carbocycles. The van der Waals surface area contributed by atoms with Gasteiger partial charge in [0, 0.05) is 32.4 Å². The molecule has 3 nitrogen and oxygen atoms in total. The maximum absolute atomic E-state index is 11.8. The lowest BCUT2D eigenvalue weighted by molar-refractivity contribution is -0.130. The molecule has 0 aliphatic carbocycles. The molecular formula is C13H20N2O. The zero-order chi connectivity index (χ0) is 12.0. The second-order valence-electron chi connectivity index (χ2n) is 4.54. The van der Waals surface area contributed by atoms with E-state index in [1.54, 1.807) is 17.3 Å². The monoisotopic (exact) mass is 220 g/mol. The summed E-state index contributed by atoms with van der Waals surface area (Å²) in [7, 11) is 1.85. The van der Waals surface area contributed by atoms with Crippen LogP contribution in [0.25, 0.3) is 0 Å². The maximum atomic E-state index is 11.8. The van der Waals surface area contributed by atoms with Crippen molar-refractivity contribution in [1.29, 1.82) is 0 Å². The number of carbonyl (C=O) groups excluding carboxylic acids is 1. The number of nitrogens with zero attached hydrogens (tertiary/aromatic N) is 2. The van der Waals surface area contributed by atoms with Crippen LogP contribution < -0.4 is 0 Å². The molecule has 0 aliphatic rings. The molecule has 0 saturated carbocycles. The number of rotatable bonds is 5. The van der Waals surface area contributed by atoms with Crippen LogP contribution in [-0.2, 0) is 11.3 Å². The fraction of sp³-hybridized carbons (Fsp3) is 0.538. The summed E-state index contributed by atoms with van der Waals surface area (Å²) in [5.74, 6) is 0.795. The molecule has 1 heterocycles. The molecule has 0 bridgehead atoms. The van der Waals surface area contributed by atoms with Crippen LogP contribution in [0.2, 0.25) is 0 Å². The van der Waals surface area contributed by atoms with Crippen LogP contribution in [-0.4, -0.2) is 22.8 Å². The van der Waals surface area contributed by atoms with Gasteiger partial charge in [0.15, 0.2) is 0 Å². The van der Waals surface area contributed by atoms with Gasteiger partial charge in [0.1, 0.15) is 0 Å². The Labute approximate surface area is 97.5 Å². The van der Waals surface area contributed by atoms with Crippen LogP contribution >= 0.6 is 0 Å². The lowest BCUT2D eigenvalue weighted by atomic mass is 10.1. The van der Waals surface area contributed by atoms with E-state index in [-0.39, 0.29) is 5.91 Å². The highest BCUT2D eigenvalue weighted by molar-refractivity contribution is 5.75. The van der Waals surface area contributed by atoms with Crippen LogP contribution in [0.4, 0.5) is 0 Å². The van der Waals surface area contributed by atoms with Crippen molar-refractivity contribution in [1.82, 2.24) is 9.88 Å². The van der Waals surface area contributed by atoms with E-state index in [0.717, 1.165) is 12.0 Å². The smallest absolute Gasteiger partial charge is 0.222 e. The van der Waals surface area contributed by atoms with E-state index in [1.165, 1.54) is 0 Å². The van der Waals surface area contributed by atoms with E-state index in [9.17, 15) is 4.79 Å². The minimum atomic E-state index is 0.213. The van der Waals surface area contributed by atoms with Gasteiger partial charge in [-0.05, 0) is 30.0 Å². The minimum Gasteiger partial charge on any atom is -0.341 e. The quantitative estimate of drug-likeness (QED) is 0.763. The Balaban J connectivity index is 2.40. The Morgan fingerprint density at radius 1 is 1.38 bits per heavy atom. The average molecular weight is 220 g/mol. The van der Waals surface area contributed by atoms with Crippen molar-refractivity contribution in [3.05, 3.63) is 30.1 Å². The molecule has 1 aromatic rings. The molecular weight excluding hydrogens is 200 g/mol. The van der Waals surface area contributed by atoms with Crippen LogP contribution in [0.3, 0.4) is 0 Å². The van der Waals surface area contributed by atoms with Crippen LogP contribution in [0, 0.1) is 5.92 Å². The summed E-state index contributed by atoms with van der Waals surface area (Å²) < 4.78 is 0. The van der Waals surface area contributed by atoms with Crippen molar-refractivity contribution in [2.45, 2.75) is 33.2 Å². The van der Waals surface area contributed by atoms with E-state index in [1.807, 2.05) is 19.2 Å². The molecule has 0 saturated heterocycles. The highest BCUT2D eigenvalue weighted by Crippen LogP contribution is 2.08. The van der Waals surface area contributed by atoms with Gasteiger partial charge in [-0.1, -0.05) is 13.8 Å². The largest absolute Gasteiger partial charge is 0.341 e. The van der Waals surface area contributed by atoms with Gasteiger partial charge in [-0.25, -0.2) is 0 Å². The van der Waals surface area contributed by atoms with E-state index in [0.29, 0.717) is 18.9 Å². The molecule has 0 radical (unpaired) electrons. The first-order valence-corrected chi connectivity index (χ1v) is 5.72. The third kappa shape index (κ3) is 4.43. The summed E-state index contributed by atoms with van der Waals surface area (Å²) in [6, 6.07) is 3.87. The number of pyridine rings is 1. The molecule has 88 valence electrons. The molecule has 0 N–H and O–H groups in total. The Morgan fingerprint density at radius 3 is 2.56 bits per heavy atom. The zero-order valence-electron chi connectivity index (χ0n) is 10.3. The average Bonchev–Trinajstić information content (AvgIpc) is 2.27. The number of aromatic nitrogens is 1. The van der Waals surface area contributed by atoms with Gasteiger partial charge in [-0.3, -0.25) is 9.78 Å². The van der Waals surface area contributed by atoms with Gasteiger partial charge < -0.3 is 4.90 Å². The summed E-state index contributed by atoms with van der Waals surface area (Å²) in [6.07, 6.45) is 5.10. The third-order valence-corrected chi connectivity index (χ3v) is 2.53. The summed E-state index contributed by atoms with van der Waals surface area (Å²) >= 11 is 0. The molecule has 0 spiro atoms. The summed E-state index contributed by atoms with van der Waals surface area (Å²) in [4.78, 5) is 17.5. The zero-order valence-corrected chi connectivity index (χ0v) is 10.3. The fourth-order valence-electron chi connectivity index (χ4n) is 1.45. The first-order chi connectivity index (χ1) is 7.59. The molecule has 3 heteroatoms. The molecule has 1 aromatic heterocycles. The van der Waals surface area contributed by atoms with Gasteiger partial charge in [-0.2, -0.15) is 0 Å². The number of carbonyl (C=O) groups is 1. The lowest BCUT2D eigenvalue weighted by Gasteiger charge is -2.17. The molecule has 16 heavy (non-hydrogen) atoms. The van der Waals surface area contributed by atoms with Gasteiger partial charge in [0.05, 0.1) is 0 Å². The van der Waals surface area contributed by atoms with E-state index >= 15 is 0 Å². The van der Waals surface area contributed by atoms with Crippen LogP contribution in [0.5, 0.6) is 0 Å². The van der Waals surface area contributed by atoms with Gasteiger partial charge in [0.2, 0.25) is 5.91 Å². The van der Waals surface area contributed by atoms with Crippen molar-refractivity contribution in [2.24, 2.45) is 5.92 Å². The summed E-state index contributed by atoms with van der Waals surface area (Å²) in [5.41, 5.74) is 1.12. The highest BCUT2D eigenvalue weighted by Gasteiger charge is 2.09. The van der Waals surface area contributed by atoms with Crippen molar-refractivity contribution >= 4 is 5.91 Å². The number of hydrogen-bond acceptors (Lipinski definition) is 2. The van der Waals surface area contributed by atoms with Crippen molar-refractivity contribution < 1.29 is 4.79 Å². The molecule has 1 rings (SSSR count). The van der Waals surface area contributed by atoms with Crippen LogP contribution in [0.15, 0.2) is 24.5 Å². The van der Waals surface area contributed by atoms with Crippen LogP contribution in [0.1, 0.15) is 32.3 Å². The molecule has 0 fully saturated rings. The van der Waals surface area contributed by atoms with E-state index in [4.69, 9.17) is 0 Å². The first kappa shape index (κ1) is 12.7. The standard InChI is InChI=1S/C13H20N2O/c1-11(2)4-5-13(16)15(3)10-12-6-8-14-9-7-12/h6-9,11H,4-5,10H2,1-3H3. The predicted octanol–water partition coefficient (Wildman–Crippen LogP) is 2.48. The van der Waals surface area contributed by atoms with Crippen molar-refractivity contribution in [3.8, 4) is 0 Å². The maximum Gasteiger partial charge on any atom is 0.222 e. The third-order valence-electron chi connectivity index (χ3n) is 2.53. The summed E-state index contributed by atoms with van der Waals surface area (Å²) in [6.45, 7) is 4.94. The van der Waals surface area contributed by atoms with E-state index < -0.39 is 0 Å². The fourth-order valence-corrected chi connectivity index (χ4v) is 1.45. The Hall–Kier alpha value is -1.38. The first-order valence-electron chi connectivity index (χ1n) is 5.72. The molecule has 0 atom stereocenters. The number of amides is 1. The van der Waals surface area contributed by atoms with E-state index in [2.05, 4.69) is 18.8 Å². The van der Waals surface area contributed by atoms with Crippen molar-refractivity contribution in [2.75, 3.05) is 7.05 Å². The van der Waals surface area contributed by atoms with Gasteiger partial charge in [-0.15, -0.1) is 0 Å². The Morgan fingerprint density at radius 2 is 2.00 bits per heavy atom. The normalized spacial score (nSPS) is 10.5. The molecule has 0 unspecified atom stereocenters. The molecule has 0 aliphatic heterocycles.